The number of alkyl halides is 5. The third-order valence-electron chi connectivity index (χ3n) is 7.31. The van der Waals surface area contributed by atoms with E-state index in [1.165, 1.54) is 0 Å². The molecule has 10 heteroatoms. The first kappa shape index (κ1) is 23.9. The van der Waals surface area contributed by atoms with Gasteiger partial charge in [-0.2, -0.15) is 13.2 Å². The van der Waals surface area contributed by atoms with Gasteiger partial charge in [0.05, 0.1) is 28.9 Å². The van der Waals surface area contributed by atoms with Crippen LogP contribution in [0.5, 0.6) is 0 Å². The quantitative estimate of drug-likeness (QED) is 0.484. The molecule has 0 spiro atoms. The summed E-state index contributed by atoms with van der Waals surface area (Å²) in [5.41, 5.74) is 13.4. The van der Waals surface area contributed by atoms with E-state index in [-0.39, 0.29) is 18.8 Å². The van der Waals surface area contributed by atoms with Crippen LogP contribution >= 0.6 is 0 Å². The highest BCUT2D eigenvalue weighted by atomic mass is 19.4. The van der Waals surface area contributed by atoms with Crippen molar-refractivity contribution >= 4 is 16.9 Å². The van der Waals surface area contributed by atoms with Crippen LogP contribution in [0.15, 0.2) is 18.2 Å². The Morgan fingerprint density at radius 2 is 1.91 bits per heavy atom. The number of H-pyrrole nitrogens is 1. The molecule has 1 aromatic heterocycles. The van der Waals surface area contributed by atoms with Gasteiger partial charge in [-0.25, -0.2) is 13.8 Å². The standard InChI is InChI=1S/C23H29F5N4O/c1-11(23(26,27)28)17(20(30)33)18(12-4-5-12)13-6-7-15-16(9-13)32-21(31-15)19(29)14-3-2-8-22(24,25)10-14/h6-7,9,11-12,14,17-19H,2-5,8,10,29H2,1H3,(H2,30,33)(H,31,32)/t11?,14-,17?,18+,19+/m1/s1. The van der Waals surface area contributed by atoms with Gasteiger partial charge in [0, 0.05) is 12.8 Å². The Bertz CT molecular complexity index is 1020. The van der Waals surface area contributed by atoms with Gasteiger partial charge < -0.3 is 16.5 Å². The Kier molecular flexibility index (Phi) is 6.18. The Labute approximate surface area is 188 Å². The number of nitrogens with one attached hydrogen (secondary N) is 1. The first-order valence-corrected chi connectivity index (χ1v) is 11.4. The van der Waals surface area contributed by atoms with Gasteiger partial charge in [-0.05, 0) is 61.1 Å². The molecule has 2 fully saturated rings. The molecule has 182 valence electrons. The zero-order valence-corrected chi connectivity index (χ0v) is 18.3. The van der Waals surface area contributed by atoms with E-state index in [0.29, 0.717) is 35.3 Å². The summed E-state index contributed by atoms with van der Waals surface area (Å²) in [6, 6.07) is 4.33. The lowest BCUT2D eigenvalue weighted by molar-refractivity contribution is -0.188. The molecular weight excluding hydrogens is 443 g/mol. The number of imidazole rings is 1. The molecule has 2 aromatic rings. The molecule has 2 aliphatic carbocycles. The molecule has 1 aromatic carbocycles. The van der Waals surface area contributed by atoms with E-state index in [1.807, 2.05) is 0 Å². The number of primary amides is 1. The van der Waals surface area contributed by atoms with E-state index in [0.717, 1.165) is 19.8 Å². The van der Waals surface area contributed by atoms with E-state index in [4.69, 9.17) is 11.5 Å². The lowest BCUT2D eigenvalue weighted by atomic mass is 9.75. The van der Waals surface area contributed by atoms with Gasteiger partial charge >= 0.3 is 6.18 Å². The minimum absolute atomic E-state index is 0.0566. The van der Waals surface area contributed by atoms with Crippen LogP contribution in [-0.4, -0.2) is 28.0 Å². The summed E-state index contributed by atoms with van der Waals surface area (Å²) in [4.78, 5) is 19.7. The van der Waals surface area contributed by atoms with Crippen molar-refractivity contribution in [3.05, 3.63) is 29.6 Å². The van der Waals surface area contributed by atoms with Gasteiger partial charge in [-0.15, -0.1) is 0 Å². The van der Waals surface area contributed by atoms with Crippen LogP contribution in [0.3, 0.4) is 0 Å². The van der Waals surface area contributed by atoms with Crippen molar-refractivity contribution in [1.82, 2.24) is 9.97 Å². The van der Waals surface area contributed by atoms with Crippen molar-refractivity contribution in [2.45, 2.75) is 69.5 Å². The summed E-state index contributed by atoms with van der Waals surface area (Å²) in [5.74, 6) is -7.74. The van der Waals surface area contributed by atoms with Gasteiger partial charge in [0.1, 0.15) is 5.82 Å². The minimum atomic E-state index is -4.55. The fraction of sp³-hybridized carbons (Fsp3) is 0.652. The smallest absolute Gasteiger partial charge is 0.369 e. The molecule has 4 rings (SSSR count). The van der Waals surface area contributed by atoms with Crippen molar-refractivity contribution in [2.75, 3.05) is 0 Å². The van der Waals surface area contributed by atoms with Gasteiger partial charge in [-0.3, -0.25) is 4.79 Å². The van der Waals surface area contributed by atoms with Gasteiger partial charge in [0.2, 0.25) is 11.8 Å². The summed E-state index contributed by atoms with van der Waals surface area (Å²) in [6.07, 6.45) is -2.55. The summed E-state index contributed by atoms with van der Waals surface area (Å²) in [5, 5.41) is 0. The highest BCUT2D eigenvalue weighted by Crippen LogP contribution is 2.51. The van der Waals surface area contributed by atoms with E-state index >= 15 is 0 Å². The molecule has 0 bridgehead atoms. The van der Waals surface area contributed by atoms with Crippen LogP contribution in [0.4, 0.5) is 22.0 Å². The van der Waals surface area contributed by atoms with Gasteiger partial charge in [0.25, 0.3) is 0 Å². The van der Waals surface area contributed by atoms with E-state index in [1.54, 1.807) is 18.2 Å². The lowest BCUT2D eigenvalue weighted by Crippen LogP contribution is -2.40. The summed E-state index contributed by atoms with van der Waals surface area (Å²) in [7, 11) is 0. The number of halogens is 5. The van der Waals surface area contributed by atoms with E-state index in [9.17, 15) is 26.7 Å². The first-order chi connectivity index (χ1) is 15.4. The summed E-state index contributed by atoms with van der Waals surface area (Å²) < 4.78 is 68.2. The van der Waals surface area contributed by atoms with Crippen molar-refractivity contribution < 1.29 is 26.7 Å². The Morgan fingerprint density at radius 3 is 2.48 bits per heavy atom. The second-order valence-corrected chi connectivity index (χ2v) is 9.76. The molecule has 0 aliphatic heterocycles. The van der Waals surface area contributed by atoms with Gasteiger partial charge in [0.15, 0.2) is 0 Å². The molecule has 2 unspecified atom stereocenters. The predicted octanol–water partition coefficient (Wildman–Crippen LogP) is 5.18. The number of fused-ring (bicyclic) bond motifs is 1. The normalized spacial score (nSPS) is 24.9. The molecule has 0 radical (unpaired) electrons. The summed E-state index contributed by atoms with van der Waals surface area (Å²) >= 11 is 0. The maximum Gasteiger partial charge on any atom is 0.392 e. The number of hydrogen-bond acceptors (Lipinski definition) is 3. The highest BCUT2D eigenvalue weighted by Gasteiger charge is 2.50. The molecule has 2 saturated carbocycles. The second kappa shape index (κ2) is 8.52. The SMILES string of the molecule is CC(C(C(N)=O)[C@H](c1ccc2nc([C@@H](N)[C@@H]3CCCC(F)(F)C3)[nH]c2c1)C1CC1)C(F)(F)F. The number of aromatic nitrogens is 2. The molecule has 5 nitrogen and oxygen atoms in total. The third kappa shape index (κ3) is 5.00. The fourth-order valence-corrected chi connectivity index (χ4v) is 5.32. The topological polar surface area (TPSA) is 97.8 Å². The fourth-order valence-electron chi connectivity index (χ4n) is 5.32. The maximum absolute atomic E-state index is 13.8. The molecule has 0 saturated heterocycles. The lowest BCUT2D eigenvalue weighted by Gasteiger charge is -2.31. The minimum Gasteiger partial charge on any atom is -0.369 e. The van der Waals surface area contributed by atoms with Crippen molar-refractivity contribution in [3.63, 3.8) is 0 Å². The monoisotopic (exact) mass is 472 g/mol. The van der Waals surface area contributed by atoms with Crippen LogP contribution < -0.4 is 11.5 Å². The average molecular weight is 473 g/mol. The Balaban J connectivity index is 1.65. The second-order valence-electron chi connectivity index (χ2n) is 9.76. The number of amides is 1. The van der Waals surface area contributed by atoms with Crippen LogP contribution in [0.1, 0.15) is 68.8 Å². The third-order valence-corrected chi connectivity index (χ3v) is 7.31. The summed E-state index contributed by atoms with van der Waals surface area (Å²) in [6.45, 7) is 0.997. The number of aromatic amines is 1. The van der Waals surface area contributed by atoms with Crippen LogP contribution in [0, 0.1) is 23.7 Å². The molecule has 33 heavy (non-hydrogen) atoms. The maximum atomic E-state index is 13.8. The zero-order valence-electron chi connectivity index (χ0n) is 18.3. The van der Waals surface area contributed by atoms with E-state index < -0.39 is 47.7 Å². The predicted molar refractivity (Wildman–Crippen MR) is 113 cm³/mol. The highest BCUT2D eigenvalue weighted by molar-refractivity contribution is 5.80. The Morgan fingerprint density at radius 1 is 1.21 bits per heavy atom. The number of carbonyl (C=O) groups excluding carboxylic acids is 1. The number of carbonyl (C=O) groups is 1. The number of nitrogens with two attached hydrogens (primary N) is 2. The van der Waals surface area contributed by atoms with E-state index in [2.05, 4.69) is 9.97 Å². The van der Waals surface area contributed by atoms with Crippen molar-refractivity contribution in [2.24, 2.45) is 35.1 Å². The molecule has 1 heterocycles. The van der Waals surface area contributed by atoms with Crippen LogP contribution in [0.2, 0.25) is 0 Å². The van der Waals surface area contributed by atoms with Crippen LogP contribution in [-0.2, 0) is 4.79 Å². The van der Waals surface area contributed by atoms with Crippen molar-refractivity contribution in [1.29, 1.82) is 0 Å². The molecular formula is C23H29F5N4O. The van der Waals surface area contributed by atoms with Gasteiger partial charge in [-0.1, -0.05) is 13.0 Å². The number of nitrogens with zero attached hydrogens (tertiary/aromatic N) is 1. The van der Waals surface area contributed by atoms with Crippen LogP contribution in [0.25, 0.3) is 11.0 Å². The Hall–Kier alpha value is -2.23. The molecule has 5 N–H and O–H groups in total. The van der Waals surface area contributed by atoms with Crippen molar-refractivity contribution in [3.8, 4) is 0 Å². The molecule has 5 atom stereocenters. The zero-order chi connectivity index (χ0) is 24.1. The molecule has 2 aliphatic rings. The first-order valence-electron chi connectivity index (χ1n) is 11.4. The number of rotatable bonds is 7. The average Bonchev–Trinajstić information content (AvgIpc) is 3.46. The largest absolute Gasteiger partial charge is 0.392 e. The number of benzene rings is 1. The number of hydrogen-bond donors (Lipinski definition) is 3. The molecule has 1 amide bonds.